The molecule has 0 heterocycles. The van der Waals surface area contributed by atoms with Crippen LogP contribution in [-0.4, -0.2) is 68.3 Å². The first-order valence-electron chi connectivity index (χ1n) is 4.18. The Morgan fingerprint density at radius 1 is 0.560 bits per heavy atom. The standard InChI is InChI=1S/3C2H4O2.2BrH.2H2O4S.Zn/c3*1-2(3)4;;;2*1-5(2,3)4;/h3*1H3,(H,3,4);2*1H;2*(H2,1,2,3,4);. The van der Waals surface area contributed by atoms with Crippen LogP contribution >= 0.6 is 34.0 Å². The minimum atomic E-state index is -4.67. The molecule has 0 aliphatic carbocycles. The Labute approximate surface area is 177 Å². The van der Waals surface area contributed by atoms with Crippen LogP contribution in [0.3, 0.4) is 0 Å². The monoisotopic (exact) mass is 600 g/mol. The molecular weight excluding hydrogens is 585 g/mol. The normalized spacial score (nSPS) is 7.64. The summed E-state index contributed by atoms with van der Waals surface area (Å²) in [5.41, 5.74) is 0. The van der Waals surface area contributed by atoms with Crippen molar-refractivity contribution in [1.29, 1.82) is 0 Å². The predicted molar refractivity (Wildman–Crippen MR) is 88.9 cm³/mol. The fraction of sp³-hybridized carbons (Fsp3) is 0.500. The SMILES string of the molecule is Br.Br.CC(=O)O.CC(=O)O.CC(=O)O.O=S(=O)(O)O.O=S(=O)(O)O.[Zn]. The fourth-order valence-electron chi connectivity index (χ4n) is 0. The van der Waals surface area contributed by atoms with E-state index in [2.05, 4.69) is 0 Å². The average Bonchev–Trinajstić information content (AvgIpc) is 1.88. The number of hydrogen-bond acceptors (Lipinski definition) is 7. The molecule has 0 aliphatic rings. The van der Waals surface area contributed by atoms with Crippen LogP contribution in [0.5, 0.6) is 0 Å². The van der Waals surface area contributed by atoms with Crippen molar-refractivity contribution < 1.29 is 84.2 Å². The quantitative estimate of drug-likeness (QED) is 0.143. The molecular formula is C6H18Br2O14S2Zn. The zero-order chi connectivity index (χ0) is 19.7. The summed E-state index contributed by atoms with van der Waals surface area (Å²) in [7, 11) is -9.33. The van der Waals surface area contributed by atoms with E-state index in [1.165, 1.54) is 0 Å². The van der Waals surface area contributed by atoms with Gasteiger partial charge in [0.05, 0.1) is 0 Å². The molecule has 0 saturated carbocycles. The number of carboxylic acid groups (broad SMARTS) is 3. The van der Waals surface area contributed by atoms with E-state index in [4.69, 9.17) is 64.7 Å². The molecule has 0 unspecified atom stereocenters. The van der Waals surface area contributed by atoms with Crippen LogP contribution in [-0.2, 0) is 54.7 Å². The molecule has 19 heteroatoms. The Morgan fingerprint density at radius 2 is 0.560 bits per heavy atom. The van der Waals surface area contributed by atoms with Gasteiger partial charge in [0.15, 0.2) is 0 Å². The number of aliphatic carboxylic acids is 3. The van der Waals surface area contributed by atoms with Crippen molar-refractivity contribution in [3.8, 4) is 0 Å². The van der Waals surface area contributed by atoms with Crippen LogP contribution in [0.2, 0.25) is 0 Å². The zero-order valence-corrected chi connectivity index (χ0v) is 20.9. The molecule has 0 amide bonds. The van der Waals surface area contributed by atoms with Crippen LogP contribution in [0.25, 0.3) is 0 Å². The summed E-state index contributed by atoms with van der Waals surface area (Å²) >= 11 is 0. The smallest absolute Gasteiger partial charge is 0.394 e. The third kappa shape index (κ3) is 158000. The molecule has 0 atom stereocenters. The predicted octanol–water partition coefficient (Wildman–Crippen LogP) is 0.120. The van der Waals surface area contributed by atoms with Crippen molar-refractivity contribution in [3.63, 3.8) is 0 Å². The van der Waals surface area contributed by atoms with Crippen molar-refractivity contribution in [2.45, 2.75) is 20.8 Å². The van der Waals surface area contributed by atoms with Gasteiger partial charge in [0, 0.05) is 40.2 Å². The largest absolute Gasteiger partial charge is 0.481 e. The minimum absolute atomic E-state index is 0. The first kappa shape index (κ1) is 49.8. The van der Waals surface area contributed by atoms with Gasteiger partial charge < -0.3 is 15.3 Å². The molecule has 0 radical (unpaired) electrons. The molecule has 0 fully saturated rings. The second-order valence-electron chi connectivity index (χ2n) is 2.45. The maximum atomic E-state index is 9.00. The van der Waals surface area contributed by atoms with Gasteiger partial charge in [0.1, 0.15) is 0 Å². The van der Waals surface area contributed by atoms with E-state index in [9.17, 15) is 0 Å². The zero-order valence-electron chi connectivity index (χ0n) is 12.8. The molecule has 0 bridgehead atoms. The third-order valence-corrected chi connectivity index (χ3v) is 0. The van der Waals surface area contributed by atoms with E-state index in [0.29, 0.717) is 0 Å². The molecule has 0 aliphatic heterocycles. The van der Waals surface area contributed by atoms with Crippen molar-refractivity contribution >= 4 is 72.7 Å². The second-order valence-corrected chi connectivity index (χ2v) is 4.24. The second kappa shape index (κ2) is 28.5. The molecule has 0 aromatic rings. The Bertz CT molecular complexity index is 429. The van der Waals surface area contributed by atoms with Crippen molar-refractivity contribution in [3.05, 3.63) is 0 Å². The van der Waals surface area contributed by atoms with Gasteiger partial charge in [-0.15, -0.1) is 34.0 Å². The number of halogens is 2. The van der Waals surface area contributed by atoms with Crippen LogP contribution in [0.4, 0.5) is 0 Å². The molecule has 14 nitrogen and oxygen atoms in total. The van der Waals surface area contributed by atoms with Gasteiger partial charge in [0.25, 0.3) is 17.9 Å². The first-order valence-corrected chi connectivity index (χ1v) is 6.97. The Hall–Kier alpha value is -0.267. The summed E-state index contributed by atoms with van der Waals surface area (Å²) in [5.74, 6) is -2.50. The summed E-state index contributed by atoms with van der Waals surface area (Å²) in [6, 6.07) is 0. The summed E-state index contributed by atoms with van der Waals surface area (Å²) in [6.07, 6.45) is 0. The molecule has 25 heavy (non-hydrogen) atoms. The molecule has 0 aromatic carbocycles. The van der Waals surface area contributed by atoms with Crippen LogP contribution in [0.15, 0.2) is 0 Å². The summed E-state index contributed by atoms with van der Waals surface area (Å²) in [5, 5.41) is 22.2. The van der Waals surface area contributed by atoms with E-state index in [0.717, 1.165) is 20.8 Å². The fourth-order valence-corrected chi connectivity index (χ4v) is 0. The topological polar surface area (TPSA) is 261 Å². The molecule has 0 spiro atoms. The van der Waals surface area contributed by atoms with E-state index < -0.39 is 38.7 Å². The number of carboxylic acids is 3. The summed E-state index contributed by atoms with van der Waals surface area (Å²) in [6.45, 7) is 3.25. The van der Waals surface area contributed by atoms with Crippen molar-refractivity contribution in [2.75, 3.05) is 0 Å². The van der Waals surface area contributed by atoms with Gasteiger partial charge in [0.2, 0.25) is 0 Å². The maximum absolute atomic E-state index is 9.00. The van der Waals surface area contributed by atoms with Crippen LogP contribution in [0.1, 0.15) is 20.8 Å². The van der Waals surface area contributed by atoms with Gasteiger partial charge in [-0.25, -0.2) is 0 Å². The Balaban J connectivity index is -0.0000000235. The Kier molecular flexibility index (Phi) is 56.8. The maximum Gasteiger partial charge on any atom is 0.394 e. The van der Waals surface area contributed by atoms with Gasteiger partial charge in [-0.05, 0) is 0 Å². The van der Waals surface area contributed by atoms with Crippen LogP contribution < -0.4 is 0 Å². The summed E-state index contributed by atoms with van der Waals surface area (Å²) < 4.78 is 63.2. The van der Waals surface area contributed by atoms with Crippen molar-refractivity contribution in [1.82, 2.24) is 0 Å². The van der Waals surface area contributed by atoms with Crippen molar-refractivity contribution in [2.24, 2.45) is 0 Å². The molecule has 0 aromatic heterocycles. The molecule has 0 rings (SSSR count). The van der Waals surface area contributed by atoms with Gasteiger partial charge in [-0.3, -0.25) is 32.6 Å². The van der Waals surface area contributed by atoms with E-state index >= 15 is 0 Å². The van der Waals surface area contributed by atoms with Crippen LogP contribution in [0, 0.1) is 0 Å². The number of carbonyl (C=O) groups is 3. The number of hydrogen-bond donors (Lipinski definition) is 7. The van der Waals surface area contributed by atoms with E-state index in [-0.39, 0.29) is 53.4 Å². The summed E-state index contributed by atoms with van der Waals surface area (Å²) in [4.78, 5) is 27.0. The molecule has 0 saturated heterocycles. The molecule has 7 N–H and O–H groups in total. The van der Waals surface area contributed by atoms with Gasteiger partial charge in [-0.1, -0.05) is 0 Å². The van der Waals surface area contributed by atoms with Gasteiger partial charge >= 0.3 is 20.8 Å². The first-order chi connectivity index (χ1) is 9.20. The number of rotatable bonds is 0. The van der Waals surface area contributed by atoms with E-state index in [1.807, 2.05) is 0 Å². The molecule has 154 valence electrons. The third-order valence-electron chi connectivity index (χ3n) is 0. The minimum Gasteiger partial charge on any atom is -0.481 e. The Morgan fingerprint density at radius 3 is 0.560 bits per heavy atom. The average molecular weight is 604 g/mol. The van der Waals surface area contributed by atoms with E-state index in [1.54, 1.807) is 0 Å². The van der Waals surface area contributed by atoms with Gasteiger partial charge in [-0.2, -0.15) is 16.8 Å².